The lowest BCUT2D eigenvalue weighted by Crippen LogP contribution is -2.37. The van der Waals surface area contributed by atoms with E-state index in [1.807, 2.05) is 24.3 Å². The van der Waals surface area contributed by atoms with Gasteiger partial charge in [0.05, 0.1) is 16.5 Å². The average Bonchev–Trinajstić information content (AvgIpc) is 2.83. The zero-order valence-electron chi connectivity index (χ0n) is 10.5. The summed E-state index contributed by atoms with van der Waals surface area (Å²) in [6, 6.07) is 9.51. The van der Waals surface area contributed by atoms with Gasteiger partial charge in [0.2, 0.25) is 0 Å². The summed E-state index contributed by atoms with van der Waals surface area (Å²) in [5.41, 5.74) is 1.50. The van der Waals surface area contributed by atoms with Gasteiger partial charge in [-0.15, -0.1) is 11.6 Å². The van der Waals surface area contributed by atoms with Gasteiger partial charge in [0, 0.05) is 17.6 Å². The summed E-state index contributed by atoms with van der Waals surface area (Å²) in [4.78, 5) is 16.6. The van der Waals surface area contributed by atoms with Crippen molar-refractivity contribution in [3.63, 3.8) is 0 Å². The second kappa shape index (κ2) is 5.17. The molecule has 19 heavy (non-hydrogen) atoms. The Bertz CT molecular complexity index is 609. The maximum atomic E-state index is 12.4. The molecule has 1 fully saturated rings. The number of benzene rings is 1. The summed E-state index contributed by atoms with van der Waals surface area (Å²) < 4.78 is 0. The maximum Gasteiger partial charge on any atom is 0.252 e. The first-order valence-corrected chi connectivity index (χ1v) is 6.98. The lowest BCUT2D eigenvalue weighted by molar-refractivity contribution is 0.0940. The molecule has 1 N–H and O–H groups in total. The molecule has 1 aromatic heterocycles. The number of nitrogens with one attached hydrogen (secondary N) is 1. The Hall–Kier alpha value is -1.61. The number of carbonyl (C=O) groups excluding carboxylic acids is 1. The van der Waals surface area contributed by atoms with Crippen LogP contribution in [0.1, 0.15) is 29.6 Å². The van der Waals surface area contributed by atoms with E-state index >= 15 is 0 Å². The highest BCUT2D eigenvalue weighted by Gasteiger charge is 2.27. The fraction of sp³-hybridized carbons (Fsp3) is 0.333. The highest BCUT2D eigenvalue weighted by molar-refractivity contribution is 6.21. The molecule has 2 aromatic rings. The number of pyridine rings is 1. The molecule has 3 nitrogen and oxygen atoms in total. The number of fused-ring (bicyclic) bond motifs is 1. The third-order valence-corrected chi connectivity index (χ3v) is 4.16. The van der Waals surface area contributed by atoms with Crippen molar-refractivity contribution in [3.8, 4) is 0 Å². The summed E-state index contributed by atoms with van der Waals surface area (Å²) in [5, 5.41) is 3.97. The number of halogens is 1. The summed E-state index contributed by atoms with van der Waals surface area (Å²) in [6.45, 7) is 0. The van der Waals surface area contributed by atoms with Crippen LogP contribution in [0.25, 0.3) is 10.9 Å². The number of para-hydroxylation sites is 1. The van der Waals surface area contributed by atoms with Crippen molar-refractivity contribution >= 4 is 28.4 Å². The minimum Gasteiger partial charge on any atom is -0.348 e. The normalized spacial score (nSPS) is 22.6. The first-order chi connectivity index (χ1) is 9.25. The van der Waals surface area contributed by atoms with Crippen LogP contribution in [0.5, 0.6) is 0 Å². The second-order valence-electron chi connectivity index (χ2n) is 4.90. The van der Waals surface area contributed by atoms with E-state index in [1.54, 1.807) is 12.3 Å². The first kappa shape index (κ1) is 12.4. The quantitative estimate of drug-likeness (QED) is 0.855. The zero-order valence-corrected chi connectivity index (χ0v) is 11.2. The summed E-state index contributed by atoms with van der Waals surface area (Å²) in [5.74, 6) is -0.0591. The van der Waals surface area contributed by atoms with E-state index < -0.39 is 0 Å². The monoisotopic (exact) mass is 274 g/mol. The van der Waals surface area contributed by atoms with Crippen molar-refractivity contribution in [3.05, 3.63) is 42.1 Å². The first-order valence-electron chi connectivity index (χ1n) is 6.54. The molecule has 0 spiro atoms. The van der Waals surface area contributed by atoms with E-state index in [9.17, 15) is 4.79 Å². The number of hydrogen-bond acceptors (Lipinski definition) is 2. The molecule has 0 aliphatic heterocycles. The van der Waals surface area contributed by atoms with Gasteiger partial charge in [-0.25, -0.2) is 0 Å². The number of amides is 1. The standard InChI is InChI=1S/C15H15ClN2O/c16-12-5-3-7-14(12)18-15(19)11-8-9-17-13-6-2-1-4-10(11)13/h1-2,4,6,8-9,12,14H,3,5,7H2,(H,18,19). The minimum atomic E-state index is -0.0591. The molecule has 1 heterocycles. The van der Waals surface area contributed by atoms with Crippen molar-refractivity contribution in [2.75, 3.05) is 0 Å². The molecule has 2 unspecified atom stereocenters. The number of aromatic nitrogens is 1. The van der Waals surface area contributed by atoms with Crippen LogP contribution in [0.2, 0.25) is 0 Å². The van der Waals surface area contributed by atoms with Gasteiger partial charge in [0.25, 0.3) is 5.91 Å². The fourth-order valence-corrected chi connectivity index (χ4v) is 2.96. The summed E-state index contributed by atoms with van der Waals surface area (Å²) in [7, 11) is 0. The van der Waals surface area contributed by atoms with Crippen LogP contribution in [0.15, 0.2) is 36.5 Å². The summed E-state index contributed by atoms with van der Waals surface area (Å²) >= 11 is 6.20. The lowest BCUT2D eigenvalue weighted by atomic mass is 10.1. The van der Waals surface area contributed by atoms with Crippen molar-refractivity contribution in [2.45, 2.75) is 30.7 Å². The van der Waals surface area contributed by atoms with E-state index in [0.29, 0.717) is 5.56 Å². The predicted octanol–water partition coefficient (Wildman–Crippen LogP) is 3.12. The van der Waals surface area contributed by atoms with Crippen LogP contribution in [-0.2, 0) is 0 Å². The van der Waals surface area contributed by atoms with Crippen LogP contribution in [0.3, 0.4) is 0 Å². The molecule has 1 aliphatic carbocycles. The molecular weight excluding hydrogens is 260 g/mol. The molecule has 1 aliphatic rings. The van der Waals surface area contributed by atoms with Gasteiger partial charge in [-0.3, -0.25) is 9.78 Å². The zero-order chi connectivity index (χ0) is 13.2. The van der Waals surface area contributed by atoms with Crippen LogP contribution in [0, 0.1) is 0 Å². The van der Waals surface area contributed by atoms with Crippen molar-refractivity contribution in [1.82, 2.24) is 10.3 Å². The van der Waals surface area contributed by atoms with Crippen molar-refractivity contribution in [2.24, 2.45) is 0 Å². The molecule has 1 aromatic carbocycles. The Morgan fingerprint density at radius 1 is 1.26 bits per heavy atom. The molecular formula is C15H15ClN2O. The molecule has 1 saturated carbocycles. The molecule has 0 saturated heterocycles. The molecule has 2 atom stereocenters. The number of hydrogen-bond donors (Lipinski definition) is 1. The SMILES string of the molecule is O=C(NC1CCCC1Cl)c1ccnc2ccccc12. The van der Waals surface area contributed by atoms with E-state index in [-0.39, 0.29) is 17.3 Å². The number of carbonyl (C=O) groups is 1. The van der Waals surface area contributed by atoms with Crippen molar-refractivity contribution < 1.29 is 4.79 Å². The third-order valence-electron chi connectivity index (χ3n) is 3.64. The van der Waals surface area contributed by atoms with Gasteiger partial charge in [-0.1, -0.05) is 18.2 Å². The molecule has 0 bridgehead atoms. The Labute approximate surface area is 117 Å². The Balaban J connectivity index is 1.89. The Morgan fingerprint density at radius 3 is 2.89 bits per heavy atom. The van der Waals surface area contributed by atoms with Crippen LogP contribution >= 0.6 is 11.6 Å². The molecule has 0 radical (unpaired) electrons. The fourth-order valence-electron chi connectivity index (χ4n) is 2.62. The second-order valence-corrected chi connectivity index (χ2v) is 5.46. The van der Waals surface area contributed by atoms with Crippen LogP contribution in [0.4, 0.5) is 0 Å². The molecule has 98 valence electrons. The van der Waals surface area contributed by atoms with Gasteiger partial charge in [0.15, 0.2) is 0 Å². The highest BCUT2D eigenvalue weighted by Crippen LogP contribution is 2.25. The number of nitrogens with zero attached hydrogens (tertiary/aromatic N) is 1. The minimum absolute atomic E-state index is 0.0528. The maximum absolute atomic E-state index is 12.4. The van der Waals surface area contributed by atoms with E-state index in [4.69, 9.17) is 11.6 Å². The van der Waals surface area contributed by atoms with Crippen LogP contribution < -0.4 is 5.32 Å². The lowest BCUT2D eigenvalue weighted by Gasteiger charge is -2.16. The smallest absolute Gasteiger partial charge is 0.252 e. The summed E-state index contributed by atoms with van der Waals surface area (Å²) in [6.07, 6.45) is 4.69. The van der Waals surface area contributed by atoms with Gasteiger partial charge in [0.1, 0.15) is 0 Å². The Kier molecular flexibility index (Phi) is 3.38. The molecule has 4 heteroatoms. The Morgan fingerprint density at radius 2 is 2.11 bits per heavy atom. The van der Waals surface area contributed by atoms with Gasteiger partial charge in [-0.05, 0) is 31.4 Å². The van der Waals surface area contributed by atoms with Gasteiger partial charge >= 0.3 is 0 Å². The van der Waals surface area contributed by atoms with E-state index in [1.165, 1.54) is 0 Å². The van der Waals surface area contributed by atoms with Crippen molar-refractivity contribution in [1.29, 1.82) is 0 Å². The number of rotatable bonds is 2. The highest BCUT2D eigenvalue weighted by atomic mass is 35.5. The molecule has 3 rings (SSSR count). The number of alkyl halides is 1. The van der Waals surface area contributed by atoms with E-state index in [2.05, 4.69) is 10.3 Å². The van der Waals surface area contributed by atoms with Gasteiger partial charge < -0.3 is 5.32 Å². The predicted molar refractivity (Wildman–Crippen MR) is 76.5 cm³/mol. The molecule has 1 amide bonds. The van der Waals surface area contributed by atoms with Gasteiger partial charge in [-0.2, -0.15) is 0 Å². The van der Waals surface area contributed by atoms with E-state index in [0.717, 1.165) is 30.2 Å². The largest absolute Gasteiger partial charge is 0.348 e. The topological polar surface area (TPSA) is 42.0 Å². The average molecular weight is 275 g/mol. The van der Waals surface area contributed by atoms with Crippen LogP contribution in [-0.4, -0.2) is 22.3 Å². The third kappa shape index (κ3) is 2.43.